The SMILES string of the molecule is COc1ccc(-n2c(C)cc([C@H]3[C@@H](c4ccccn4)NC(=S)N3c3ccc(Br)c(C)c3)c2C)c([N+](=O)[O-])c1. The molecule has 1 aliphatic rings. The molecule has 194 valence electrons. The van der Waals surface area contributed by atoms with Crippen molar-refractivity contribution >= 4 is 44.6 Å². The summed E-state index contributed by atoms with van der Waals surface area (Å²) in [6.07, 6.45) is 1.77. The van der Waals surface area contributed by atoms with Crippen LogP contribution in [0.25, 0.3) is 5.69 Å². The largest absolute Gasteiger partial charge is 0.496 e. The molecule has 1 fully saturated rings. The number of rotatable bonds is 6. The molecule has 0 saturated carbocycles. The van der Waals surface area contributed by atoms with E-state index in [1.165, 1.54) is 13.2 Å². The number of nitro benzene ring substituents is 1. The van der Waals surface area contributed by atoms with Gasteiger partial charge in [0.25, 0.3) is 5.69 Å². The molecule has 3 heterocycles. The van der Waals surface area contributed by atoms with Crippen molar-refractivity contribution in [2.45, 2.75) is 32.9 Å². The lowest BCUT2D eigenvalue weighted by Gasteiger charge is -2.28. The monoisotopic (exact) mass is 591 g/mol. The van der Waals surface area contributed by atoms with E-state index in [-0.39, 0.29) is 22.7 Å². The lowest BCUT2D eigenvalue weighted by Crippen LogP contribution is -2.29. The number of benzene rings is 2. The Balaban J connectivity index is 1.71. The molecule has 1 N–H and O–H groups in total. The first-order chi connectivity index (χ1) is 18.2. The molecule has 4 aromatic rings. The summed E-state index contributed by atoms with van der Waals surface area (Å²) in [7, 11) is 1.50. The third kappa shape index (κ3) is 4.43. The van der Waals surface area contributed by atoms with Crippen LogP contribution in [0.2, 0.25) is 0 Å². The Bertz CT molecular complexity index is 1560. The van der Waals surface area contributed by atoms with Crippen molar-refractivity contribution in [2.24, 2.45) is 0 Å². The zero-order valence-electron chi connectivity index (χ0n) is 21.3. The fourth-order valence-corrected chi connectivity index (χ4v) is 5.74. The number of hydrogen-bond donors (Lipinski definition) is 1. The molecule has 38 heavy (non-hydrogen) atoms. The quantitative estimate of drug-likeness (QED) is 0.152. The van der Waals surface area contributed by atoms with Crippen molar-refractivity contribution in [3.8, 4) is 11.4 Å². The van der Waals surface area contributed by atoms with Crippen molar-refractivity contribution in [3.05, 3.63) is 110 Å². The highest BCUT2D eigenvalue weighted by molar-refractivity contribution is 9.10. The number of aromatic nitrogens is 2. The smallest absolute Gasteiger partial charge is 0.296 e. The Hall–Kier alpha value is -3.76. The van der Waals surface area contributed by atoms with Crippen LogP contribution in [0, 0.1) is 30.9 Å². The van der Waals surface area contributed by atoms with Crippen LogP contribution in [-0.4, -0.2) is 26.7 Å². The van der Waals surface area contributed by atoms with Crippen LogP contribution >= 0.6 is 28.1 Å². The minimum Gasteiger partial charge on any atom is -0.496 e. The maximum absolute atomic E-state index is 12.0. The fourth-order valence-electron chi connectivity index (χ4n) is 5.15. The van der Waals surface area contributed by atoms with Gasteiger partial charge >= 0.3 is 0 Å². The first-order valence-corrected chi connectivity index (χ1v) is 13.2. The van der Waals surface area contributed by atoms with Gasteiger partial charge in [0.15, 0.2) is 5.11 Å². The molecule has 8 nitrogen and oxygen atoms in total. The second kappa shape index (κ2) is 10.2. The van der Waals surface area contributed by atoms with E-state index < -0.39 is 0 Å². The van der Waals surface area contributed by atoms with E-state index in [2.05, 4.69) is 43.3 Å². The molecule has 1 aliphatic heterocycles. The van der Waals surface area contributed by atoms with E-state index in [1.807, 2.05) is 55.7 Å². The van der Waals surface area contributed by atoms with Crippen LogP contribution in [0.4, 0.5) is 11.4 Å². The summed E-state index contributed by atoms with van der Waals surface area (Å²) in [5.74, 6) is 0.431. The molecule has 0 amide bonds. The summed E-state index contributed by atoms with van der Waals surface area (Å²) < 4.78 is 8.19. The fraction of sp³-hybridized carbons (Fsp3) is 0.214. The third-order valence-electron chi connectivity index (χ3n) is 6.93. The lowest BCUT2D eigenvalue weighted by molar-refractivity contribution is -0.384. The van der Waals surface area contributed by atoms with Gasteiger partial charge in [0.1, 0.15) is 11.4 Å². The van der Waals surface area contributed by atoms with Crippen LogP contribution < -0.4 is 15.0 Å². The van der Waals surface area contributed by atoms with Crippen LogP contribution in [0.15, 0.2) is 71.3 Å². The molecular weight excluding hydrogens is 566 g/mol. The van der Waals surface area contributed by atoms with Gasteiger partial charge in [-0.25, -0.2) is 0 Å². The number of nitrogens with zero attached hydrogens (tertiary/aromatic N) is 4. The number of hydrogen-bond acceptors (Lipinski definition) is 5. The average molecular weight is 593 g/mol. The number of thiocarbonyl (C=S) groups is 1. The number of nitrogens with one attached hydrogen (secondary N) is 1. The Kier molecular flexibility index (Phi) is 6.93. The Morgan fingerprint density at radius 1 is 1.11 bits per heavy atom. The number of pyridine rings is 1. The van der Waals surface area contributed by atoms with E-state index >= 15 is 0 Å². The van der Waals surface area contributed by atoms with Gasteiger partial charge in [-0.15, -0.1) is 0 Å². The van der Waals surface area contributed by atoms with E-state index in [1.54, 1.807) is 18.3 Å². The molecule has 0 unspecified atom stereocenters. The summed E-state index contributed by atoms with van der Waals surface area (Å²) in [6.45, 7) is 5.98. The normalized spacial score (nSPS) is 17.0. The van der Waals surface area contributed by atoms with Gasteiger partial charge in [0.2, 0.25) is 0 Å². The number of aryl methyl sites for hydroxylation is 2. The summed E-state index contributed by atoms with van der Waals surface area (Å²) >= 11 is 9.47. The summed E-state index contributed by atoms with van der Waals surface area (Å²) in [6, 6.07) is 18.5. The van der Waals surface area contributed by atoms with Crippen LogP contribution in [0.1, 0.15) is 40.3 Å². The first kappa shape index (κ1) is 25.9. The molecule has 0 spiro atoms. The van der Waals surface area contributed by atoms with E-state index in [0.29, 0.717) is 16.5 Å². The van der Waals surface area contributed by atoms with Gasteiger partial charge in [-0.3, -0.25) is 15.1 Å². The van der Waals surface area contributed by atoms with Gasteiger partial charge in [-0.2, -0.15) is 0 Å². The van der Waals surface area contributed by atoms with Crippen LogP contribution in [0.5, 0.6) is 5.75 Å². The minimum atomic E-state index is -0.379. The average Bonchev–Trinajstić information content (AvgIpc) is 3.40. The van der Waals surface area contributed by atoms with Crippen LogP contribution in [-0.2, 0) is 0 Å². The number of methoxy groups -OCH3 is 1. The Morgan fingerprint density at radius 3 is 2.55 bits per heavy atom. The second-order valence-corrected chi connectivity index (χ2v) is 10.4. The highest BCUT2D eigenvalue weighted by Gasteiger charge is 2.42. The summed E-state index contributed by atoms with van der Waals surface area (Å²) in [5.41, 5.74) is 6.09. The van der Waals surface area contributed by atoms with Crippen molar-refractivity contribution in [1.82, 2.24) is 14.9 Å². The van der Waals surface area contributed by atoms with Gasteiger partial charge in [-0.05, 0) is 92.6 Å². The van der Waals surface area contributed by atoms with Gasteiger partial charge in [0.05, 0.1) is 35.9 Å². The predicted octanol–water partition coefficient (Wildman–Crippen LogP) is 6.65. The van der Waals surface area contributed by atoms with E-state index in [4.69, 9.17) is 17.0 Å². The summed E-state index contributed by atoms with van der Waals surface area (Å²) in [4.78, 5) is 18.4. The van der Waals surface area contributed by atoms with Gasteiger partial charge in [0, 0.05) is 27.7 Å². The molecule has 2 atom stereocenters. The topological polar surface area (TPSA) is 85.5 Å². The lowest BCUT2D eigenvalue weighted by atomic mass is 9.96. The highest BCUT2D eigenvalue weighted by Crippen LogP contribution is 2.44. The highest BCUT2D eigenvalue weighted by atomic mass is 79.9. The minimum absolute atomic E-state index is 0.0283. The molecule has 10 heteroatoms. The zero-order chi connectivity index (χ0) is 27.1. The van der Waals surface area contributed by atoms with Crippen molar-refractivity contribution in [3.63, 3.8) is 0 Å². The molecule has 2 aromatic carbocycles. The first-order valence-electron chi connectivity index (χ1n) is 12.0. The molecule has 0 bridgehead atoms. The number of nitro groups is 1. The molecule has 1 saturated heterocycles. The maximum atomic E-state index is 12.0. The molecule has 5 rings (SSSR count). The second-order valence-electron chi connectivity index (χ2n) is 9.20. The molecule has 0 radical (unpaired) electrons. The van der Waals surface area contributed by atoms with Gasteiger partial charge in [-0.1, -0.05) is 22.0 Å². The standard InChI is InChI=1S/C28H26BrN5O3S/c1-16-13-19(8-10-22(16)29)33-27(26(31-28(33)38)23-7-5-6-12-30-23)21-14-17(2)32(18(21)3)24-11-9-20(37-4)15-25(24)34(35)36/h5-15,26-27H,1-4H3,(H,31,38)/t26-,27+/m1/s1. The molecule has 2 aromatic heterocycles. The van der Waals surface area contributed by atoms with Crippen molar-refractivity contribution < 1.29 is 9.66 Å². The zero-order valence-corrected chi connectivity index (χ0v) is 23.7. The Labute approximate surface area is 234 Å². The number of ether oxygens (including phenoxy) is 1. The molecule has 0 aliphatic carbocycles. The Morgan fingerprint density at radius 2 is 1.89 bits per heavy atom. The third-order valence-corrected chi connectivity index (χ3v) is 8.13. The van der Waals surface area contributed by atoms with E-state index in [0.717, 1.165) is 38.4 Å². The predicted molar refractivity (Wildman–Crippen MR) is 155 cm³/mol. The van der Waals surface area contributed by atoms with Gasteiger partial charge < -0.3 is 19.5 Å². The summed E-state index contributed by atoms with van der Waals surface area (Å²) in [5, 5.41) is 16.1. The van der Waals surface area contributed by atoms with Crippen molar-refractivity contribution in [2.75, 3.05) is 12.0 Å². The van der Waals surface area contributed by atoms with E-state index in [9.17, 15) is 10.1 Å². The van der Waals surface area contributed by atoms with Crippen molar-refractivity contribution in [1.29, 1.82) is 0 Å². The van der Waals surface area contributed by atoms with Crippen LogP contribution in [0.3, 0.4) is 0 Å². The number of anilines is 1. The number of halogens is 1. The molecular formula is C28H26BrN5O3S. The maximum Gasteiger partial charge on any atom is 0.296 e.